The maximum atomic E-state index is 2.28. The fourth-order valence-electron chi connectivity index (χ4n) is 1.37. The molecule has 0 bridgehead atoms. The zero-order valence-corrected chi connectivity index (χ0v) is 7.82. The van der Waals surface area contributed by atoms with Gasteiger partial charge in [0, 0.05) is 0 Å². The van der Waals surface area contributed by atoms with Crippen LogP contribution in [0.4, 0.5) is 0 Å². The van der Waals surface area contributed by atoms with Crippen molar-refractivity contribution >= 4 is 6.08 Å². The number of hydrogen-bond acceptors (Lipinski definition) is 0. The lowest BCUT2D eigenvalue weighted by molar-refractivity contribution is 0.833. The Hall–Kier alpha value is -1.04. The fraction of sp³-hybridized carbons (Fsp3) is 0.308. The quantitative estimate of drug-likeness (QED) is 0.648. The lowest BCUT2D eigenvalue weighted by atomic mass is 10.1. The van der Waals surface area contributed by atoms with Crippen LogP contribution in [0.1, 0.15) is 24.8 Å². The van der Waals surface area contributed by atoms with Gasteiger partial charge >= 0.3 is 0 Å². The third-order valence-electron chi connectivity index (χ3n) is 2.39. The summed E-state index contributed by atoms with van der Waals surface area (Å²) in [6.07, 6.45) is 10.8. The van der Waals surface area contributed by atoms with E-state index < -0.39 is 0 Å². The summed E-state index contributed by atoms with van der Waals surface area (Å²) in [6.45, 7) is 0. The first-order valence-electron chi connectivity index (χ1n) is 5.00. The summed E-state index contributed by atoms with van der Waals surface area (Å²) in [6, 6.07) is 10.4. The molecule has 13 heavy (non-hydrogen) atoms. The van der Waals surface area contributed by atoms with Gasteiger partial charge in [0.1, 0.15) is 0 Å². The molecule has 1 aromatic carbocycles. The Kier molecular flexibility index (Phi) is 2.81. The second-order valence-electron chi connectivity index (χ2n) is 3.68. The Morgan fingerprint density at radius 1 is 1.15 bits per heavy atom. The van der Waals surface area contributed by atoms with Crippen molar-refractivity contribution in [1.29, 1.82) is 0 Å². The Morgan fingerprint density at radius 2 is 1.92 bits per heavy atom. The van der Waals surface area contributed by atoms with Gasteiger partial charge in [0.05, 0.1) is 0 Å². The topological polar surface area (TPSA) is 0 Å². The molecule has 0 saturated heterocycles. The maximum absolute atomic E-state index is 2.28. The maximum Gasteiger partial charge on any atom is -0.0164 e. The van der Waals surface area contributed by atoms with Crippen molar-refractivity contribution < 1.29 is 0 Å². The molecule has 1 saturated carbocycles. The summed E-state index contributed by atoms with van der Waals surface area (Å²) in [7, 11) is 0. The highest BCUT2D eigenvalue weighted by Crippen LogP contribution is 2.33. The molecule has 0 atom stereocenters. The van der Waals surface area contributed by atoms with Crippen molar-refractivity contribution in [3.63, 3.8) is 0 Å². The molecular formula is C13H15. The largest absolute Gasteiger partial charge is 0.0802 e. The minimum atomic E-state index is 1.00. The van der Waals surface area contributed by atoms with Crippen LogP contribution in [0, 0.1) is 12.3 Å². The van der Waals surface area contributed by atoms with E-state index in [0.29, 0.717) is 0 Å². The molecule has 1 aliphatic carbocycles. The Balaban J connectivity index is 1.76. The van der Waals surface area contributed by atoms with Crippen molar-refractivity contribution in [3.05, 3.63) is 48.4 Å². The van der Waals surface area contributed by atoms with E-state index in [-0.39, 0.29) is 0 Å². The summed E-state index contributed by atoms with van der Waals surface area (Å²) in [5.41, 5.74) is 1.29. The molecule has 1 aromatic rings. The predicted octanol–water partition coefficient (Wildman–Crippen LogP) is 3.70. The van der Waals surface area contributed by atoms with E-state index in [9.17, 15) is 0 Å². The number of hydrogen-bond donors (Lipinski definition) is 0. The van der Waals surface area contributed by atoms with E-state index in [1.807, 2.05) is 6.07 Å². The van der Waals surface area contributed by atoms with Crippen LogP contribution in [0.25, 0.3) is 6.08 Å². The first-order valence-corrected chi connectivity index (χ1v) is 5.00. The second kappa shape index (κ2) is 4.27. The summed E-state index contributed by atoms with van der Waals surface area (Å²) >= 11 is 0. The van der Waals surface area contributed by atoms with Crippen LogP contribution in [0.5, 0.6) is 0 Å². The SMILES string of the molecule is [CH](C=Cc1ccccc1)CC1CC1. The summed E-state index contributed by atoms with van der Waals surface area (Å²) in [5, 5.41) is 0. The van der Waals surface area contributed by atoms with Crippen LogP contribution >= 0.6 is 0 Å². The molecule has 0 aliphatic heterocycles. The van der Waals surface area contributed by atoms with Gasteiger partial charge in [-0.3, -0.25) is 0 Å². The molecule has 1 radical (unpaired) electrons. The lowest BCUT2D eigenvalue weighted by Crippen LogP contribution is -1.74. The van der Waals surface area contributed by atoms with Crippen molar-refractivity contribution in [1.82, 2.24) is 0 Å². The molecule has 0 spiro atoms. The molecule has 0 amide bonds. The van der Waals surface area contributed by atoms with Crippen molar-refractivity contribution in [2.45, 2.75) is 19.3 Å². The van der Waals surface area contributed by atoms with Gasteiger partial charge in [-0.1, -0.05) is 55.3 Å². The normalized spacial score (nSPS) is 16.6. The standard InChI is InChI=1S/C13H15/c1-2-6-12(7-3-1)8-4-5-9-13-10-11-13/h1-8,13H,9-11H2. The zero-order chi connectivity index (χ0) is 8.93. The molecule has 0 N–H and O–H groups in total. The van der Waals surface area contributed by atoms with E-state index in [1.54, 1.807) is 0 Å². The minimum Gasteiger partial charge on any atom is -0.0802 e. The highest BCUT2D eigenvalue weighted by atomic mass is 14.2. The molecule has 1 aliphatic rings. The van der Waals surface area contributed by atoms with E-state index in [0.717, 1.165) is 5.92 Å². The molecule has 2 rings (SSSR count). The zero-order valence-electron chi connectivity index (χ0n) is 7.82. The van der Waals surface area contributed by atoms with Crippen LogP contribution in [0.15, 0.2) is 36.4 Å². The third kappa shape index (κ3) is 3.06. The molecule has 0 nitrogen and oxygen atoms in total. The minimum absolute atomic E-state index is 1.00. The van der Waals surface area contributed by atoms with Gasteiger partial charge in [-0.05, 0) is 24.3 Å². The van der Waals surface area contributed by atoms with Gasteiger partial charge < -0.3 is 0 Å². The molecule has 0 unspecified atom stereocenters. The van der Waals surface area contributed by atoms with Crippen molar-refractivity contribution in [2.24, 2.45) is 5.92 Å². The summed E-state index contributed by atoms with van der Waals surface area (Å²) < 4.78 is 0. The van der Waals surface area contributed by atoms with E-state index in [2.05, 4.69) is 42.8 Å². The van der Waals surface area contributed by atoms with E-state index in [4.69, 9.17) is 0 Å². The van der Waals surface area contributed by atoms with Gasteiger partial charge in [0.25, 0.3) is 0 Å². The first kappa shape index (κ1) is 8.55. The molecule has 67 valence electrons. The average molecular weight is 171 g/mol. The third-order valence-corrected chi connectivity index (χ3v) is 2.39. The Labute approximate surface area is 80.3 Å². The van der Waals surface area contributed by atoms with Gasteiger partial charge in [0.2, 0.25) is 0 Å². The van der Waals surface area contributed by atoms with E-state index in [1.165, 1.54) is 24.8 Å². The molecule has 0 heteroatoms. The Bertz CT molecular complexity index is 267. The van der Waals surface area contributed by atoms with Crippen molar-refractivity contribution in [3.8, 4) is 0 Å². The highest BCUT2D eigenvalue weighted by molar-refractivity contribution is 5.49. The predicted molar refractivity (Wildman–Crippen MR) is 57.1 cm³/mol. The number of benzene rings is 1. The van der Waals surface area contributed by atoms with Gasteiger partial charge in [-0.2, -0.15) is 0 Å². The monoisotopic (exact) mass is 171 g/mol. The number of allylic oxidation sites excluding steroid dienone is 1. The number of rotatable bonds is 4. The highest BCUT2D eigenvalue weighted by Gasteiger charge is 2.19. The van der Waals surface area contributed by atoms with Gasteiger partial charge in [-0.15, -0.1) is 0 Å². The average Bonchev–Trinajstić information content (AvgIpc) is 2.98. The van der Waals surface area contributed by atoms with E-state index >= 15 is 0 Å². The summed E-state index contributed by atoms with van der Waals surface area (Å²) in [4.78, 5) is 0. The second-order valence-corrected chi connectivity index (χ2v) is 3.68. The lowest BCUT2D eigenvalue weighted by Gasteiger charge is -1.91. The Morgan fingerprint density at radius 3 is 2.62 bits per heavy atom. The van der Waals surface area contributed by atoms with Gasteiger partial charge in [-0.25, -0.2) is 0 Å². The van der Waals surface area contributed by atoms with Crippen LogP contribution in [0.3, 0.4) is 0 Å². The first-order chi connectivity index (χ1) is 6.45. The molecule has 0 aromatic heterocycles. The van der Waals surface area contributed by atoms with Crippen LogP contribution in [-0.2, 0) is 0 Å². The van der Waals surface area contributed by atoms with Crippen LogP contribution in [-0.4, -0.2) is 0 Å². The fourth-order valence-corrected chi connectivity index (χ4v) is 1.37. The smallest absolute Gasteiger partial charge is 0.0164 e. The summed E-state index contributed by atoms with van der Waals surface area (Å²) in [5.74, 6) is 1.00. The molecule has 0 heterocycles. The van der Waals surface area contributed by atoms with Crippen LogP contribution in [0.2, 0.25) is 0 Å². The van der Waals surface area contributed by atoms with Crippen LogP contribution < -0.4 is 0 Å². The molecule has 1 fully saturated rings. The van der Waals surface area contributed by atoms with Gasteiger partial charge in [0.15, 0.2) is 0 Å². The molecular weight excluding hydrogens is 156 g/mol. The van der Waals surface area contributed by atoms with Crippen molar-refractivity contribution in [2.75, 3.05) is 0 Å².